The molecule has 0 aromatic carbocycles. The summed E-state index contributed by atoms with van der Waals surface area (Å²) in [5.74, 6) is -0.0243. The van der Waals surface area contributed by atoms with Gasteiger partial charge in [0.1, 0.15) is 0 Å². The van der Waals surface area contributed by atoms with Gasteiger partial charge in [-0.3, -0.25) is 9.78 Å². The Balaban J connectivity index is 1.49. The highest BCUT2D eigenvalue weighted by atomic mass is 16.1. The smallest absolute Gasteiger partial charge is 0.252 e. The minimum Gasteiger partial charge on any atom is -0.352 e. The zero-order valence-corrected chi connectivity index (χ0v) is 13.6. The molecule has 1 aliphatic rings. The van der Waals surface area contributed by atoms with E-state index in [1.54, 1.807) is 24.5 Å². The first-order valence-corrected chi connectivity index (χ1v) is 8.42. The number of hydrogen-bond acceptors (Lipinski definition) is 4. The number of nitrogens with zero attached hydrogens (tertiary/aromatic N) is 3. The Morgan fingerprint density at radius 2 is 1.95 bits per heavy atom. The molecule has 1 aromatic rings. The minimum absolute atomic E-state index is 0.0243. The summed E-state index contributed by atoms with van der Waals surface area (Å²) in [5, 5.41) is 2.95. The molecule has 1 saturated heterocycles. The molecule has 2 heterocycles. The molecule has 1 fully saturated rings. The van der Waals surface area contributed by atoms with E-state index in [0.29, 0.717) is 5.56 Å². The predicted octanol–water partition coefficient (Wildman–Crippen LogP) is 1.62. The number of unbranched alkanes of at least 4 members (excludes halogenated alkanes) is 2. The molecule has 0 aliphatic carbocycles. The molecule has 5 heteroatoms. The van der Waals surface area contributed by atoms with E-state index >= 15 is 0 Å². The van der Waals surface area contributed by atoms with Crippen LogP contribution in [0.3, 0.4) is 0 Å². The Morgan fingerprint density at radius 1 is 1.18 bits per heavy atom. The van der Waals surface area contributed by atoms with E-state index in [4.69, 9.17) is 0 Å². The van der Waals surface area contributed by atoms with Crippen LogP contribution in [0.2, 0.25) is 0 Å². The Labute approximate surface area is 133 Å². The van der Waals surface area contributed by atoms with Gasteiger partial charge in [-0.2, -0.15) is 0 Å². The zero-order chi connectivity index (χ0) is 15.6. The highest BCUT2D eigenvalue weighted by molar-refractivity contribution is 5.93. The van der Waals surface area contributed by atoms with Crippen molar-refractivity contribution in [3.8, 4) is 0 Å². The quantitative estimate of drug-likeness (QED) is 0.742. The van der Waals surface area contributed by atoms with E-state index < -0.39 is 0 Å². The van der Waals surface area contributed by atoms with E-state index in [2.05, 4.69) is 27.0 Å². The fourth-order valence-electron chi connectivity index (χ4n) is 2.77. The number of hydrogen-bond donors (Lipinski definition) is 1. The molecule has 0 spiro atoms. The molecule has 122 valence electrons. The molecule has 2 rings (SSSR count). The summed E-state index contributed by atoms with van der Waals surface area (Å²) in [4.78, 5) is 20.8. The molecule has 22 heavy (non-hydrogen) atoms. The number of rotatable bonds is 8. The third-order valence-corrected chi connectivity index (χ3v) is 4.27. The van der Waals surface area contributed by atoms with Crippen LogP contribution in [0.4, 0.5) is 0 Å². The van der Waals surface area contributed by atoms with Crippen LogP contribution in [0.5, 0.6) is 0 Å². The van der Waals surface area contributed by atoms with Crippen molar-refractivity contribution >= 4 is 5.91 Å². The maximum atomic E-state index is 11.8. The average molecular weight is 304 g/mol. The molecule has 0 saturated carbocycles. The van der Waals surface area contributed by atoms with Gasteiger partial charge in [0.15, 0.2) is 0 Å². The number of carbonyl (C=O) groups is 1. The summed E-state index contributed by atoms with van der Waals surface area (Å²) in [6, 6.07) is 3.57. The van der Waals surface area contributed by atoms with Crippen LogP contribution >= 0.6 is 0 Å². The van der Waals surface area contributed by atoms with E-state index in [1.165, 1.54) is 52.1 Å². The third kappa shape index (κ3) is 5.73. The largest absolute Gasteiger partial charge is 0.352 e. The second-order valence-corrected chi connectivity index (χ2v) is 5.83. The molecule has 1 N–H and O–H groups in total. The van der Waals surface area contributed by atoms with E-state index in [9.17, 15) is 4.79 Å². The second-order valence-electron chi connectivity index (χ2n) is 5.83. The maximum absolute atomic E-state index is 11.8. The number of amides is 1. The lowest BCUT2D eigenvalue weighted by Crippen LogP contribution is -2.46. The van der Waals surface area contributed by atoms with Crippen LogP contribution in [-0.4, -0.2) is 66.5 Å². The Bertz CT molecular complexity index is 430. The Kier molecular flexibility index (Phi) is 7.33. The molecule has 1 aromatic heterocycles. The van der Waals surface area contributed by atoms with Crippen molar-refractivity contribution < 1.29 is 4.79 Å². The fraction of sp³-hybridized carbons (Fsp3) is 0.647. The van der Waals surface area contributed by atoms with Gasteiger partial charge in [-0.1, -0.05) is 13.3 Å². The van der Waals surface area contributed by atoms with Gasteiger partial charge in [0.05, 0.1) is 5.56 Å². The average Bonchev–Trinajstić information content (AvgIpc) is 2.59. The second kappa shape index (κ2) is 9.54. The highest BCUT2D eigenvalue weighted by Crippen LogP contribution is 2.04. The fourth-order valence-corrected chi connectivity index (χ4v) is 2.77. The summed E-state index contributed by atoms with van der Waals surface area (Å²) in [6.07, 6.45) is 6.71. The number of likely N-dealkylation sites (N-methyl/N-ethyl adjacent to an activating group) is 1. The van der Waals surface area contributed by atoms with Crippen molar-refractivity contribution in [3.63, 3.8) is 0 Å². The van der Waals surface area contributed by atoms with Crippen LogP contribution in [0.1, 0.15) is 36.5 Å². The molecule has 5 nitrogen and oxygen atoms in total. The lowest BCUT2D eigenvalue weighted by Gasteiger charge is -2.33. The molecule has 1 aliphatic heterocycles. The van der Waals surface area contributed by atoms with Gasteiger partial charge in [-0.25, -0.2) is 0 Å². The summed E-state index contributed by atoms with van der Waals surface area (Å²) in [5.41, 5.74) is 0.635. The van der Waals surface area contributed by atoms with Crippen LogP contribution in [0, 0.1) is 0 Å². The van der Waals surface area contributed by atoms with Crippen LogP contribution in [-0.2, 0) is 0 Å². The predicted molar refractivity (Wildman–Crippen MR) is 89.0 cm³/mol. The number of pyridine rings is 1. The van der Waals surface area contributed by atoms with Crippen molar-refractivity contribution in [1.82, 2.24) is 20.1 Å². The van der Waals surface area contributed by atoms with Crippen molar-refractivity contribution in [2.45, 2.75) is 26.2 Å². The van der Waals surface area contributed by atoms with Gasteiger partial charge in [-0.15, -0.1) is 0 Å². The summed E-state index contributed by atoms with van der Waals surface area (Å²) in [7, 11) is 0. The summed E-state index contributed by atoms with van der Waals surface area (Å²) < 4.78 is 0. The first-order chi connectivity index (χ1) is 10.8. The van der Waals surface area contributed by atoms with E-state index in [-0.39, 0.29) is 5.91 Å². The first kappa shape index (κ1) is 16.9. The Morgan fingerprint density at radius 3 is 2.64 bits per heavy atom. The lowest BCUT2D eigenvalue weighted by molar-refractivity contribution is 0.0952. The molecular formula is C17H28N4O. The van der Waals surface area contributed by atoms with Gasteiger partial charge < -0.3 is 15.1 Å². The van der Waals surface area contributed by atoms with E-state index in [0.717, 1.165) is 13.0 Å². The molecule has 0 bridgehead atoms. The van der Waals surface area contributed by atoms with Crippen LogP contribution in [0.15, 0.2) is 24.5 Å². The summed E-state index contributed by atoms with van der Waals surface area (Å²) >= 11 is 0. The van der Waals surface area contributed by atoms with Crippen molar-refractivity contribution in [2.75, 3.05) is 45.8 Å². The van der Waals surface area contributed by atoms with Gasteiger partial charge >= 0.3 is 0 Å². The van der Waals surface area contributed by atoms with E-state index in [1.807, 2.05) is 0 Å². The maximum Gasteiger partial charge on any atom is 0.252 e. The normalized spacial score (nSPS) is 16.6. The van der Waals surface area contributed by atoms with Gasteiger partial charge in [-0.05, 0) is 38.1 Å². The van der Waals surface area contributed by atoms with Crippen molar-refractivity contribution in [3.05, 3.63) is 30.1 Å². The minimum atomic E-state index is -0.0243. The number of piperazine rings is 1. The SMILES string of the molecule is CCN1CCN(CCCCCNC(=O)c2cccnc2)CC1. The van der Waals surface area contributed by atoms with Gasteiger partial charge in [0.2, 0.25) is 0 Å². The highest BCUT2D eigenvalue weighted by Gasteiger charge is 2.14. The molecule has 0 atom stereocenters. The Hall–Kier alpha value is -1.46. The van der Waals surface area contributed by atoms with Gasteiger partial charge in [0.25, 0.3) is 5.91 Å². The molecule has 1 amide bonds. The molecule has 0 unspecified atom stereocenters. The summed E-state index contributed by atoms with van der Waals surface area (Å²) in [6.45, 7) is 10.2. The standard InChI is InChI=1S/C17H28N4O/c1-2-20-11-13-21(14-12-20)10-5-3-4-9-19-17(22)16-7-6-8-18-15-16/h6-8,15H,2-5,9-14H2,1H3,(H,19,22). The van der Waals surface area contributed by atoms with Crippen LogP contribution in [0.25, 0.3) is 0 Å². The number of nitrogens with one attached hydrogen (secondary N) is 1. The number of carbonyl (C=O) groups excluding carboxylic acids is 1. The lowest BCUT2D eigenvalue weighted by atomic mass is 10.2. The van der Waals surface area contributed by atoms with Crippen LogP contribution < -0.4 is 5.32 Å². The topological polar surface area (TPSA) is 48.5 Å². The van der Waals surface area contributed by atoms with Crippen molar-refractivity contribution in [2.24, 2.45) is 0 Å². The molecular weight excluding hydrogens is 276 g/mol. The van der Waals surface area contributed by atoms with Gasteiger partial charge in [0, 0.05) is 45.1 Å². The molecule has 0 radical (unpaired) electrons. The number of aromatic nitrogens is 1. The van der Waals surface area contributed by atoms with Crippen molar-refractivity contribution in [1.29, 1.82) is 0 Å². The monoisotopic (exact) mass is 304 g/mol. The third-order valence-electron chi connectivity index (χ3n) is 4.27. The first-order valence-electron chi connectivity index (χ1n) is 8.42. The zero-order valence-electron chi connectivity index (χ0n) is 13.6.